The van der Waals surface area contributed by atoms with E-state index >= 15 is 0 Å². The van der Waals surface area contributed by atoms with E-state index in [9.17, 15) is 9.59 Å². The van der Waals surface area contributed by atoms with Crippen LogP contribution in [0.4, 0.5) is 0 Å². The molecule has 5 atom stereocenters. The third-order valence-electron chi connectivity index (χ3n) is 8.72. The van der Waals surface area contributed by atoms with Gasteiger partial charge in [0.2, 0.25) is 0 Å². The van der Waals surface area contributed by atoms with Crippen LogP contribution in [-0.4, -0.2) is 34.5 Å². The van der Waals surface area contributed by atoms with E-state index in [2.05, 4.69) is 19.6 Å². The molecule has 5 heteroatoms. The van der Waals surface area contributed by atoms with Crippen LogP contribution in [0.25, 0.3) is 0 Å². The molecule has 1 amide bonds. The Morgan fingerprint density at radius 3 is 2.62 bits per heavy atom. The Hall–Kier alpha value is -2.24. The van der Waals surface area contributed by atoms with Gasteiger partial charge in [0, 0.05) is 17.3 Å². The number of hydroxylamine groups is 2. The summed E-state index contributed by atoms with van der Waals surface area (Å²) < 4.78 is 6.43. The Balaban J connectivity index is 1.54. The quantitative estimate of drug-likeness (QED) is 0.642. The number of benzene rings is 1. The molecule has 3 fully saturated rings. The highest BCUT2D eigenvalue weighted by molar-refractivity contribution is 6.02. The van der Waals surface area contributed by atoms with E-state index in [-0.39, 0.29) is 23.7 Å². The van der Waals surface area contributed by atoms with Gasteiger partial charge in [0.25, 0.3) is 5.91 Å². The molecule has 32 heavy (non-hydrogen) atoms. The van der Waals surface area contributed by atoms with E-state index in [1.165, 1.54) is 5.06 Å². The standard InChI is InChI=1S/C27H33NO4/c1-17-11-14-22(31-16-19-9-7-6-8-10-19)26(5)15-21(29)27-18(2)12-13-20(25(27,3)4)24(30)28(27)32-23(17)26/h6-10,12,20,22-23H,1,11,13-16H2,2-5H3/t20-,22-,23-,26+,27+/m0/s1. The Morgan fingerprint density at radius 2 is 1.91 bits per heavy atom. The van der Waals surface area contributed by atoms with Crippen molar-refractivity contribution in [1.82, 2.24) is 5.06 Å². The summed E-state index contributed by atoms with van der Waals surface area (Å²) in [5, 5.41) is 1.46. The number of Topliss-reactive ketones (excluding diaryl/α,β-unsaturated/α-hetero) is 1. The monoisotopic (exact) mass is 435 g/mol. The van der Waals surface area contributed by atoms with Crippen molar-refractivity contribution in [1.29, 1.82) is 0 Å². The summed E-state index contributed by atoms with van der Waals surface area (Å²) in [5.74, 6) is -0.276. The lowest BCUT2D eigenvalue weighted by Crippen LogP contribution is -2.59. The Kier molecular flexibility index (Phi) is 4.81. The zero-order valence-corrected chi connectivity index (χ0v) is 19.5. The highest BCUT2D eigenvalue weighted by Crippen LogP contribution is 2.62. The van der Waals surface area contributed by atoms with Crippen LogP contribution in [0.2, 0.25) is 0 Å². The van der Waals surface area contributed by atoms with Crippen molar-refractivity contribution in [3.63, 3.8) is 0 Å². The highest BCUT2D eigenvalue weighted by atomic mass is 16.7. The molecule has 0 N–H and O–H groups in total. The average molecular weight is 436 g/mol. The molecule has 2 aliphatic carbocycles. The number of ketones is 1. The first-order valence-electron chi connectivity index (χ1n) is 11.7. The number of allylic oxidation sites excluding steroid dienone is 1. The fourth-order valence-electron chi connectivity index (χ4n) is 6.90. The molecule has 2 aliphatic heterocycles. The third-order valence-corrected chi connectivity index (χ3v) is 8.72. The molecule has 1 aromatic rings. The second-order valence-electron chi connectivity index (χ2n) is 10.8. The summed E-state index contributed by atoms with van der Waals surface area (Å²) in [7, 11) is 0. The van der Waals surface area contributed by atoms with E-state index in [0.29, 0.717) is 19.4 Å². The lowest BCUT2D eigenvalue weighted by Gasteiger charge is -2.46. The summed E-state index contributed by atoms with van der Waals surface area (Å²) in [6.45, 7) is 12.9. The highest BCUT2D eigenvalue weighted by Gasteiger charge is 2.73. The van der Waals surface area contributed by atoms with Gasteiger partial charge in [-0.3, -0.25) is 14.4 Å². The van der Waals surface area contributed by atoms with Gasteiger partial charge in [-0.05, 0) is 42.9 Å². The molecule has 1 spiro atoms. The number of hydrogen-bond acceptors (Lipinski definition) is 4. The molecule has 1 aromatic carbocycles. The maximum absolute atomic E-state index is 14.2. The second kappa shape index (κ2) is 7.13. The molecule has 5 rings (SSSR count). The fourth-order valence-corrected chi connectivity index (χ4v) is 6.90. The molecule has 170 valence electrons. The fraction of sp³-hybridized carbons (Fsp3) is 0.556. The van der Waals surface area contributed by atoms with E-state index in [1.807, 2.05) is 51.1 Å². The molecule has 0 radical (unpaired) electrons. The van der Waals surface area contributed by atoms with Gasteiger partial charge >= 0.3 is 0 Å². The van der Waals surface area contributed by atoms with Crippen LogP contribution in [0.15, 0.2) is 54.1 Å². The largest absolute Gasteiger partial charge is 0.373 e. The molecule has 2 saturated heterocycles. The van der Waals surface area contributed by atoms with Crippen LogP contribution >= 0.6 is 0 Å². The minimum Gasteiger partial charge on any atom is -0.373 e. The minimum atomic E-state index is -1.06. The van der Waals surface area contributed by atoms with Crippen LogP contribution < -0.4 is 0 Å². The van der Waals surface area contributed by atoms with Gasteiger partial charge in [0.1, 0.15) is 6.10 Å². The van der Waals surface area contributed by atoms with Crippen molar-refractivity contribution in [3.05, 3.63) is 59.7 Å². The molecule has 5 nitrogen and oxygen atoms in total. The predicted molar refractivity (Wildman–Crippen MR) is 121 cm³/mol. The van der Waals surface area contributed by atoms with Crippen molar-refractivity contribution >= 4 is 11.7 Å². The molecular formula is C27H33NO4. The van der Waals surface area contributed by atoms with Gasteiger partial charge in [0.15, 0.2) is 11.3 Å². The van der Waals surface area contributed by atoms with Gasteiger partial charge in [-0.2, -0.15) is 0 Å². The van der Waals surface area contributed by atoms with Crippen LogP contribution in [0.1, 0.15) is 58.9 Å². The zero-order chi connectivity index (χ0) is 22.9. The summed E-state index contributed by atoms with van der Waals surface area (Å²) in [4.78, 5) is 34.3. The molecule has 0 aromatic heterocycles. The summed E-state index contributed by atoms with van der Waals surface area (Å²) in [6, 6.07) is 10.1. The van der Waals surface area contributed by atoms with Crippen molar-refractivity contribution in [3.8, 4) is 0 Å². The van der Waals surface area contributed by atoms with Gasteiger partial charge in [-0.1, -0.05) is 63.8 Å². The Bertz CT molecular complexity index is 1010. The maximum atomic E-state index is 14.2. The molecular weight excluding hydrogens is 402 g/mol. The van der Waals surface area contributed by atoms with Crippen molar-refractivity contribution in [2.45, 2.75) is 77.7 Å². The van der Waals surface area contributed by atoms with Crippen LogP contribution in [0.5, 0.6) is 0 Å². The first-order chi connectivity index (χ1) is 15.1. The predicted octanol–water partition coefficient (Wildman–Crippen LogP) is 4.77. The van der Waals surface area contributed by atoms with Crippen LogP contribution in [-0.2, 0) is 25.8 Å². The van der Waals surface area contributed by atoms with Gasteiger partial charge in [-0.15, -0.1) is 0 Å². The lowest BCUT2D eigenvalue weighted by molar-refractivity contribution is -0.245. The molecule has 2 bridgehead atoms. The van der Waals surface area contributed by atoms with E-state index in [0.717, 1.165) is 29.6 Å². The number of nitrogens with zero attached hydrogens (tertiary/aromatic N) is 1. The van der Waals surface area contributed by atoms with E-state index < -0.39 is 22.5 Å². The Morgan fingerprint density at radius 1 is 1.19 bits per heavy atom. The van der Waals surface area contributed by atoms with Crippen molar-refractivity contribution in [2.24, 2.45) is 16.7 Å². The number of ether oxygens (including phenoxy) is 1. The zero-order valence-electron chi connectivity index (χ0n) is 19.5. The van der Waals surface area contributed by atoms with Gasteiger partial charge in [-0.25, -0.2) is 5.06 Å². The number of amides is 1. The van der Waals surface area contributed by atoms with Gasteiger partial charge in [0.05, 0.1) is 18.6 Å². The first-order valence-corrected chi connectivity index (χ1v) is 11.7. The number of carbonyl (C=O) groups is 2. The SMILES string of the molecule is C=C1CC[C@H](OCc2ccccc2)[C@@]2(C)CC(=O)[C@@]34C(C)=CC[C@@H](C(=O)N3O[C@@H]12)C4(C)C. The smallest absolute Gasteiger partial charge is 0.251 e. The maximum Gasteiger partial charge on any atom is 0.251 e. The number of carbonyl (C=O) groups excluding carboxylic acids is 2. The van der Waals surface area contributed by atoms with E-state index in [4.69, 9.17) is 9.57 Å². The molecule has 1 saturated carbocycles. The van der Waals surface area contributed by atoms with Crippen molar-refractivity contribution < 1.29 is 19.2 Å². The second-order valence-corrected chi connectivity index (χ2v) is 10.8. The number of fused-ring (bicyclic) bond motifs is 2. The molecule has 0 unspecified atom stereocenters. The molecule has 2 heterocycles. The third kappa shape index (κ3) is 2.64. The first kappa shape index (κ1) is 21.6. The summed E-state index contributed by atoms with van der Waals surface area (Å²) in [5.41, 5.74) is 0.768. The summed E-state index contributed by atoms with van der Waals surface area (Å²) in [6.07, 6.45) is 3.94. The van der Waals surface area contributed by atoms with Crippen LogP contribution in [0.3, 0.4) is 0 Å². The minimum absolute atomic E-state index is 0.0554. The van der Waals surface area contributed by atoms with E-state index in [1.54, 1.807) is 0 Å². The molecule has 4 aliphatic rings. The van der Waals surface area contributed by atoms with Crippen LogP contribution in [0, 0.1) is 16.7 Å². The van der Waals surface area contributed by atoms with Crippen molar-refractivity contribution in [2.75, 3.05) is 0 Å². The number of hydrogen-bond donors (Lipinski definition) is 0. The average Bonchev–Trinajstić information content (AvgIpc) is 2.83. The lowest BCUT2D eigenvalue weighted by atomic mass is 9.56. The van der Waals surface area contributed by atoms with Gasteiger partial charge < -0.3 is 4.74 Å². The summed E-state index contributed by atoms with van der Waals surface area (Å²) >= 11 is 0. The Labute approximate surface area is 190 Å². The normalized spacial score (nSPS) is 38.1. The number of rotatable bonds is 3. The topological polar surface area (TPSA) is 55.8 Å².